The highest BCUT2D eigenvalue weighted by Crippen LogP contribution is 2.33. The lowest BCUT2D eigenvalue weighted by Gasteiger charge is -2.14. The summed E-state index contributed by atoms with van der Waals surface area (Å²) in [5.41, 5.74) is 3.55. The number of nitrogens with zero attached hydrogens (tertiary/aromatic N) is 1. The fourth-order valence-corrected chi connectivity index (χ4v) is 2.67. The maximum absolute atomic E-state index is 14.4. The Morgan fingerprint density at radius 3 is 2.68 bits per heavy atom. The van der Waals surface area contributed by atoms with E-state index in [4.69, 9.17) is 0 Å². The third kappa shape index (κ3) is 2.73. The van der Waals surface area contributed by atoms with E-state index in [0.717, 1.165) is 41.8 Å². The van der Waals surface area contributed by atoms with Gasteiger partial charge in [0.25, 0.3) is 0 Å². The van der Waals surface area contributed by atoms with Gasteiger partial charge in [-0.25, -0.2) is 4.39 Å². The summed E-state index contributed by atoms with van der Waals surface area (Å²) in [6, 6.07) is 3.74. The van der Waals surface area contributed by atoms with Crippen molar-refractivity contribution in [3.05, 3.63) is 33.7 Å². The molecule has 0 amide bonds. The summed E-state index contributed by atoms with van der Waals surface area (Å²) >= 11 is 3.27. The molecule has 2 nitrogen and oxygen atoms in total. The van der Waals surface area contributed by atoms with Gasteiger partial charge in [0.2, 0.25) is 0 Å². The van der Waals surface area contributed by atoms with Gasteiger partial charge in [-0.05, 0) is 53.4 Å². The summed E-state index contributed by atoms with van der Waals surface area (Å²) < 4.78 is 14.9. The highest BCUT2D eigenvalue weighted by molar-refractivity contribution is 9.10. The Morgan fingerprint density at radius 1 is 1.32 bits per heavy atom. The van der Waals surface area contributed by atoms with Gasteiger partial charge in [0, 0.05) is 17.9 Å². The minimum absolute atomic E-state index is 0.241. The monoisotopic (exact) mass is 324 g/mol. The van der Waals surface area contributed by atoms with Gasteiger partial charge < -0.3 is 5.32 Å². The summed E-state index contributed by atoms with van der Waals surface area (Å²) in [5.74, 6) is -0.241. The van der Waals surface area contributed by atoms with Crippen LogP contribution in [0.2, 0.25) is 0 Å². The Bertz CT molecular complexity index is 611. The minimum atomic E-state index is -0.241. The molecule has 0 atom stereocenters. The van der Waals surface area contributed by atoms with Crippen LogP contribution in [-0.2, 0) is 6.42 Å². The van der Waals surface area contributed by atoms with Crippen molar-refractivity contribution in [1.29, 1.82) is 0 Å². The number of hydrogen-bond donors (Lipinski definition) is 1. The van der Waals surface area contributed by atoms with E-state index in [0.29, 0.717) is 9.86 Å². The van der Waals surface area contributed by atoms with Crippen LogP contribution < -0.4 is 5.32 Å². The van der Waals surface area contributed by atoms with Crippen LogP contribution in [0.15, 0.2) is 16.6 Å². The van der Waals surface area contributed by atoms with Crippen molar-refractivity contribution in [3.63, 3.8) is 0 Å². The van der Waals surface area contributed by atoms with Crippen molar-refractivity contribution >= 4 is 32.5 Å². The quantitative estimate of drug-likeness (QED) is 0.871. The lowest BCUT2D eigenvalue weighted by Crippen LogP contribution is -2.04. The first kappa shape index (κ1) is 14.3. The van der Waals surface area contributed by atoms with E-state index in [2.05, 4.69) is 40.1 Å². The molecule has 102 valence electrons. The number of pyridine rings is 1. The zero-order valence-corrected chi connectivity index (χ0v) is 13.1. The number of aryl methyl sites for hydroxylation is 2. The molecule has 0 radical (unpaired) electrons. The Hall–Kier alpha value is -1.16. The van der Waals surface area contributed by atoms with E-state index in [1.54, 1.807) is 6.07 Å². The van der Waals surface area contributed by atoms with Crippen LogP contribution in [-0.4, -0.2) is 11.5 Å². The van der Waals surface area contributed by atoms with Crippen molar-refractivity contribution in [2.45, 2.75) is 33.6 Å². The molecule has 1 aromatic carbocycles. The van der Waals surface area contributed by atoms with E-state index < -0.39 is 0 Å². The molecule has 2 aromatic rings. The summed E-state index contributed by atoms with van der Waals surface area (Å²) in [7, 11) is 0. The average Bonchev–Trinajstić information content (AvgIpc) is 2.41. The standard InChI is InChI=1S/C15H18BrFN2/c1-4-6-18-12-8-10(5-2)19-15-9(3)7-11(16)14(17)13(12)15/h7-8H,4-6H2,1-3H3,(H,18,19). The van der Waals surface area contributed by atoms with E-state index in [1.165, 1.54) is 0 Å². The number of fused-ring (bicyclic) bond motifs is 1. The molecule has 0 aliphatic rings. The maximum Gasteiger partial charge on any atom is 0.148 e. The summed E-state index contributed by atoms with van der Waals surface area (Å²) in [6.07, 6.45) is 1.84. The van der Waals surface area contributed by atoms with Crippen LogP contribution in [0.1, 0.15) is 31.5 Å². The number of aromatic nitrogens is 1. The molecule has 0 saturated heterocycles. The van der Waals surface area contributed by atoms with Crippen LogP contribution in [0.4, 0.5) is 10.1 Å². The number of halogens is 2. The molecular weight excluding hydrogens is 307 g/mol. The van der Waals surface area contributed by atoms with E-state index in [9.17, 15) is 4.39 Å². The zero-order chi connectivity index (χ0) is 14.0. The third-order valence-corrected chi connectivity index (χ3v) is 3.72. The molecule has 0 fully saturated rings. The molecular formula is C15H18BrFN2. The van der Waals surface area contributed by atoms with Crippen LogP contribution >= 0.6 is 15.9 Å². The first-order valence-corrected chi connectivity index (χ1v) is 7.39. The molecule has 0 aliphatic carbocycles. The lowest BCUT2D eigenvalue weighted by atomic mass is 10.1. The second-order valence-electron chi connectivity index (χ2n) is 4.65. The molecule has 1 N–H and O–H groups in total. The third-order valence-electron chi connectivity index (χ3n) is 3.15. The molecule has 0 unspecified atom stereocenters. The molecule has 0 bridgehead atoms. The number of nitrogens with one attached hydrogen (secondary N) is 1. The molecule has 0 saturated carbocycles. The highest BCUT2D eigenvalue weighted by atomic mass is 79.9. The Morgan fingerprint density at radius 2 is 2.05 bits per heavy atom. The SMILES string of the molecule is CCCNc1cc(CC)nc2c(C)cc(Br)c(F)c12. The summed E-state index contributed by atoms with van der Waals surface area (Å²) in [5, 5.41) is 3.89. The Kier molecular flexibility index (Phi) is 4.40. The summed E-state index contributed by atoms with van der Waals surface area (Å²) in [4.78, 5) is 4.56. The van der Waals surface area contributed by atoms with Gasteiger partial charge in [-0.1, -0.05) is 13.8 Å². The van der Waals surface area contributed by atoms with Gasteiger partial charge in [0.1, 0.15) is 5.82 Å². The number of rotatable bonds is 4. The predicted octanol–water partition coefficient (Wildman–Crippen LogP) is 4.83. The largest absolute Gasteiger partial charge is 0.384 e. The van der Waals surface area contributed by atoms with Gasteiger partial charge in [-0.15, -0.1) is 0 Å². The van der Waals surface area contributed by atoms with Crippen LogP contribution in [0, 0.1) is 12.7 Å². The molecule has 0 spiro atoms. The first-order valence-electron chi connectivity index (χ1n) is 6.60. The topological polar surface area (TPSA) is 24.9 Å². The second kappa shape index (κ2) is 5.87. The number of benzene rings is 1. The Balaban J connectivity index is 2.75. The van der Waals surface area contributed by atoms with Gasteiger partial charge in [-0.3, -0.25) is 4.98 Å². The molecule has 2 rings (SSSR count). The fraction of sp³-hybridized carbons (Fsp3) is 0.400. The van der Waals surface area contributed by atoms with E-state index in [1.807, 2.05) is 13.0 Å². The van der Waals surface area contributed by atoms with Crippen molar-refractivity contribution in [1.82, 2.24) is 4.98 Å². The van der Waals surface area contributed by atoms with E-state index >= 15 is 0 Å². The first-order chi connectivity index (χ1) is 9.08. The minimum Gasteiger partial charge on any atom is -0.384 e. The fourth-order valence-electron chi connectivity index (χ4n) is 2.13. The number of hydrogen-bond acceptors (Lipinski definition) is 2. The lowest BCUT2D eigenvalue weighted by molar-refractivity contribution is 0.633. The molecule has 4 heteroatoms. The van der Waals surface area contributed by atoms with Crippen molar-refractivity contribution in [2.75, 3.05) is 11.9 Å². The van der Waals surface area contributed by atoms with Crippen LogP contribution in [0.5, 0.6) is 0 Å². The average molecular weight is 325 g/mol. The predicted molar refractivity (Wildman–Crippen MR) is 82.3 cm³/mol. The zero-order valence-electron chi connectivity index (χ0n) is 11.5. The molecule has 0 aliphatic heterocycles. The van der Waals surface area contributed by atoms with Gasteiger partial charge in [-0.2, -0.15) is 0 Å². The van der Waals surface area contributed by atoms with Crippen molar-refractivity contribution in [2.24, 2.45) is 0 Å². The number of anilines is 1. The van der Waals surface area contributed by atoms with Crippen LogP contribution in [0.3, 0.4) is 0 Å². The highest BCUT2D eigenvalue weighted by Gasteiger charge is 2.14. The van der Waals surface area contributed by atoms with E-state index in [-0.39, 0.29) is 5.82 Å². The molecule has 1 heterocycles. The van der Waals surface area contributed by atoms with Crippen molar-refractivity contribution < 1.29 is 4.39 Å². The smallest absolute Gasteiger partial charge is 0.148 e. The van der Waals surface area contributed by atoms with Gasteiger partial charge in [0.15, 0.2) is 0 Å². The molecule has 19 heavy (non-hydrogen) atoms. The van der Waals surface area contributed by atoms with Gasteiger partial charge >= 0.3 is 0 Å². The molecule has 1 aromatic heterocycles. The van der Waals surface area contributed by atoms with Crippen LogP contribution in [0.25, 0.3) is 10.9 Å². The summed E-state index contributed by atoms with van der Waals surface area (Å²) in [6.45, 7) is 6.94. The maximum atomic E-state index is 14.4. The van der Waals surface area contributed by atoms with Gasteiger partial charge in [0.05, 0.1) is 15.4 Å². The Labute approximate surface area is 121 Å². The second-order valence-corrected chi connectivity index (χ2v) is 5.51. The normalized spacial score (nSPS) is 11.0. The van der Waals surface area contributed by atoms with Crippen molar-refractivity contribution in [3.8, 4) is 0 Å².